The number of amides is 1. The Kier molecular flexibility index (Phi) is 6.80. The number of hydrogen-bond acceptors (Lipinski definition) is 3. The zero-order chi connectivity index (χ0) is 15.6. The minimum absolute atomic E-state index is 0.203. The van der Waals surface area contributed by atoms with Crippen LogP contribution in [0.2, 0.25) is 0 Å². The molecule has 0 radical (unpaired) electrons. The monoisotopic (exact) mass is 306 g/mol. The van der Waals surface area contributed by atoms with Crippen LogP contribution in [-0.2, 0) is 0 Å². The molecule has 1 amide bonds. The van der Waals surface area contributed by atoms with Gasteiger partial charge in [-0.2, -0.15) is 0 Å². The van der Waals surface area contributed by atoms with Gasteiger partial charge in [-0.1, -0.05) is 19.3 Å². The Morgan fingerprint density at radius 1 is 1.32 bits per heavy atom. The van der Waals surface area contributed by atoms with Crippen LogP contribution in [0.25, 0.3) is 0 Å². The molecule has 22 heavy (non-hydrogen) atoms. The van der Waals surface area contributed by atoms with Gasteiger partial charge in [0.1, 0.15) is 0 Å². The quantitative estimate of drug-likeness (QED) is 0.426. The lowest BCUT2D eigenvalue weighted by molar-refractivity contribution is 0.0927. The Balaban J connectivity index is 1.73. The summed E-state index contributed by atoms with van der Waals surface area (Å²) in [5.41, 5.74) is 0. The van der Waals surface area contributed by atoms with Gasteiger partial charge in [-0.25, -0.2) is 0 Å². The SMILES string of the molecule is CCNC(=NCCNC(=O)c1ccco1)NC1CCCCC1. The second kappa shape index (κ2) is 9.12. The molecule has 0 saturated heterocycles. The first-order valence-corrected chi connectivity index (χ1v) is 8.16. The van der Waals surface area contributed by atoms with Crippen molar-refractivity contribution in [1.82, 2.24) is 16.0 Å². The third kappa shape index (κ3) is 5.42. The normalized spacial score (nSPS) is 16.3. The molecule has 0 unspecified atom stereocenters. The Hall–Kier alpha value is -1.98. The fraction of sp³-hybridized carbons (Fsp3) is 0.625. The molecule has 1 aromatic rings. The molecule has 1 heterocycles. The maximum absolute atomic E-state index is 11.7. The van der Waals surface area contributed by atoms with Crippen LogP contribution in [0.1, 0.15) is 49.6 Å². The maximum Gasteiger partial charge on any atom is 0.287 e. The standard InChI is InChI=1S/C16H26N4O2/c1-2-17-16(20-13-7-4-3-5-8-13)19-11-10-18-15(21)14-9-6-12-22-14/h6,9,12-13H,2-5,7-8,10-11H2,1H3,(H,18,21)(H2,17,19,20). The van der Waals surface area contributed by atoms with E-state index < -0.39 is 0 Å². The number of nitrogens with one attached hydrogen (secondary N) is 3. The molecule has 0 aliphatic heterocycles. The highest BCUT2D eigenvalue weighted by Crippen LogP contribution is 2.17. The molecule has 0 aromatic carbocycles. The molecule has 2 rings (SSSR count). The fourth-order valence-corrected chi connectivity index (χ4v) is 2.59. The topological polar surface area (TPSA) is 78.7 Å². The van der Waals surface area contributed by atoms with Gasteiger partial charge in [0.05, 0.1) is 12.8 Å². The summed E-state index contributed by atoms with van der Waals surface area (Å²) in [5, 5.41) is 9.52. The van der Waals surface area contributed by atoms with E-state index in [0.29, 0.717) is 24.9 Å². The largest absolute Gasteiger partial charge is 0.459 e. The van der Waals surface area contributed by atoms with Crippen molar-refractivity contribution in [2.75, 3.05) is 19.6 Å². The van der Waals surface area contributed by atoms with Crippen LogP contribution in [0.4, 0.5) is 0 Å². The highest BCUT2D eigenvalue weighted by Gasteiger charge is 2.14. The van der Waals surface area contributed by atoms with E-state index >= 15 is 0 Å². The van der Waals surface area contributed by atoms with Gasteiger partial charge in [0.15, 0.2) is 11.7 Å². The van der Waals surface area contributed by atoms with Gasteiger partial charge in [0, 0.05) is 19.1 Å². The highest BCUT2D eigenvalue weighted by atomic mass is 16.3. The zero-order valence-electron chi connectivity index (χ0n) is 13.2. The van der Waals surface area contributed by atoms with E-state index in [1.165, 1.54) is 38.4 Å². The van der Waals surface area contributed by atoms with Crippen molar-refractivity contribution in [3.63, 3.8) is 0 Å². The lowest BCUT2D eigenvalue weighted by Crippen LogP contribution is -2.44. The van der Waals surface area contributed by atoms with E-state index in [4.69, 9.17) is 4.42 Å². The first-order chi connectivity index (χ1) is 10.8. The van der Waals surface area contributed by atoms with E-state index in [1.54, 1.807) is 12.1 Å². The summed E-state index contributed by atoms with van der Waals surface area (Å²) in [5.74, 6) is 0.961. The molecule has 1 aliphatic rings. The van der Waals surface area contributed by atoms with Crippen molar-refractivity contribution < 1.29 is 9.21 Å². The smallest absolute Gasteiger partial charge is 0.287 e. The van der Waals surface area contributed by atoms with Crippen LogP contribution >= 0.6 is 0 Å². The number of carbonyl (C=O) groups excluding carboxylic acids is 1. The maximum atomic E-state index is 11.7. The van der Waals surface area contributed by atoms with Crippen LogP contribution in [0.5, 0.6) is 0 Å². The van der Waals surface area contributed by atoms with Crippen molar-refractivity contribution in [1.29, 1.82) is 0 Å². The Morgan fingerprint density at radius 2 is 2.14 bits per heavy atom. The van der Waals surface area contributed by atoms with Gasteiger partial charge in [0.2, 0.25) is 0 Å². The number of carbonyl (C=O) groups is 1. The van der Waals surface area contributed by atoms with E-state index in [1.807, 2.05) is 0 Å². The number of rotatable bonds is 6. The van der Waals surface area contributed by atoms with Gasteiger partial charge < -0.3 is 20.4 Å². The molecule has 1 aliphatic carbocycles. The van der Waals surface area contributed by atoms with Crippen LogP contribution in [-0.4, -0.2) is 37.5 Å². The molecule has 0 atom stereocenters. The molecular formula is C16H26N4O2. The summed E-state index contributed by atoms with van der Waals surface area (Å²) >= 11 is 0. The van der Waals surface area contributed by atoms with Gasteiger partial charge in [-0.3, -0.25) is 9.79 Å². The van der Waals surface area contributed by atoms with Gasteiger partial charge >= 0.3 is 0 Å². The van der Waals surface area contributed by atoms with Crippen LogP contribution in [0, 0.1) is 0 Å². The number of aliphatic imine (C=N–C) groups is 1. The average Bonchev–Trinajstić information content (AvgIpc) is 3.07. The van der Waals surface area contributed by atoms with E-state index in [2.05, 4.69) is 27.9 Å². The molecule has 6 heteroatoms. The van der Waals surface area contributed by atoms with Crippen molar-refractivity contribution in [2.45, 2.75) is 45.1 Å². The Bertz CT molecular complexity index is 465. The third-order valence-corrected chi connectivity index (χ3v) is 3.70. The minimum Gasteiger partial charge on any atom is -0.459 e. The van der Waals surface area contributed by atoms with Gasteiger partial charge in [0.25, 0.3) is 5.91 Å². The third-order valence-electron chi connectivity index (χ3n) is 3.70. The average molecular weight is 306 g/mol. The van der Waals surface area contributed by atoms with Crippen LogP contribution in [0.15, 0.2) is 27.8 Å². The molecule has 3 N–H and O–H groups in total. The summed E-state index contributed by atoms with van der Waals surface area (Å²) < 4.78 is 5.04. The summed E-state index contributed by atoms with van der Waals surface area (Å²) in [6.45, 7) is 3.91. The molecule has 0 spiro atoms. The second-order valence-electron chi connectivity index (χ2n) is 5.47. The van der Waals surface area contributed by atoms with E-state index in [0.717, 1.165) is 12.5 Å². The molecule has 0 bridgehead atoms. The molecule has 6 nitrogen and oxygen atoms in total. The summed E-state index contributed by atoms with van der Waals surface area (Å²) in [4.78, 5) is 16.2. The molecule has 1 saturated carbocycles. The van der Waals surface area contributed by atoms with E-state index in [-0.39, 0.29) is 5.91 Å². The summed E-state index contributed by atoms with van der Waals surface area (Å²) in [7, 11) is 0. The number of hydrogen-bond donors (Lipinski definition) is 3. The predicted octanol–water partition coefficient (Wildman–Crippen LogP) is 1.90. The van der Waals surface area contributed by atoms with Crippen molar-refractivity contribution in [3.05, 3.63) is 24.2 Å². The lowest BCUT2D eigenvalue weighted by Gasteiger charge is -2.24. The molecule has 1 aromatic heterocycles. The van der Waals surface area contributed by atoms with Crippen LogP contribution in [0.3, 0.4) is 0 Å². The van der Waals surface area contributed by atoms with E-state index in [9.17, 15) is 4.79 Å². The predicted molar refractivity (Wildman–Crippen MR) is 87.0 cm³/mol. The van der Waals surface area contributed by atoms with Crippen molar-refractivity contribution in [2.24, 2.45) is 4.99 Å². The van der Waals surface area contributed by atoms with Crippen molar-refractivity contribution in [3.8, 4) is 0 Å². The lowest BCUT2D eigenvalue weighted by atomic mass is 9.96. The zero-order valence-corrected chi connectivity index (χ0v) is 13.2. The number of furan rings is 1. The first-order valence-electron chi connectivity index (χ1n) is 8.16. The minimum atomic E-state index is -0.203. The Morgan fingerprint density at radius 3 is 2.82 bits per heavy atom. The second-order valence-corrected chi connectivity index (χ2v) is 5.47. The van der Waals surface area contributed by atoms with Gasteiger partial charge in [-0.05, 0) is 31.9 Å². The highest BCUT2D eigenvalue weighted by molar-refractivity contribution is 5.91. The number of guanidine groups is 1. The van der Waals surface area contributed by atoms with Crippen LogP contribution < -0.4 is 16.0 Å². The van der Waals surface area contributed by atoms with Gasteiger partial charge in [-0.15, -0.1) is 0 Å². The summed E-state index contributed by atoms with van der Waals surface area (Å²) in [6.07, 6.45) is 7.82. The molecular weight excluding hydrogens is 280 g/mol. The summed E-state index contributed by atoms with van der Waals surface area (Å²) in [6, 6.07) is 3.86. The molecule has 1 fully saturated rings. The first kappa shape index (κ1) is 16.4. The fourth-order valence-electron chi connectivity index (χ4n) is 2.59. The van der Waals surface area contributed by atoms with Crippen molar-refractivity contribution >= 4 is 11.9 Å². The molecule has 122 valence electrons. The Labute approximate surface area is 131 Å². The number of nitrogens with zero attached hydrogens (tertiary/aromatic N) is 1.